The molecule has 174 valence electrons. The van der Waals surface area contributed by atoms with Crippen LogP contribution in [0.3, 0.4) is 0 Å². The van der Waals surface area contributed by atoms with Crippen LogP contribution in [-0.2, 0) is 29.9 Å². The number of likely N-dealkylation sites (N-methyl/N-ethyl adjacent to an activating group) is 1. The van der Waals surface area contributed by atoms with E-state index in [0.717, 1.165) is 29.0 Å². The summed E-state index contributed by atoms with van der Waals surface area (Å²) in [6, 6.07) is 22.0. The number of sulfonamides is 1. The number of imidazole rings is 1. The molecular weight excluding hydrogens is 446 g/mol. The van der Waals surface area contributed by atoms with Gasteiger partial charge in [0.25, 0.3) is 10.0 Å². The number of hydrogen-bond donors (Lipinski definition) is 1. The lowest BCUT2D eigenvalue weighted by Crippen LogP contribution is -2.19. The molecule has 7 nitrogen and oxygen atoms in total. The molecule has 8 heteroatoms. The molecule has 1 N–H and O–H groups in total. The molecule has 1 aromatic heterocycles. The van der Waals surface area contributed by atoms with Crippen LogP contribution < -0.4 is 4.72 Å². The Balaban J connectivity index is 1.59. The van der Waals surface area contributed by atoms with Crippen molar-refractivity contribution in [2.24, 2.45) is 7.05 Å². The molecule has 0 aliphatic heterocycles. The minimum absolute atomic E-state index is 0.291. The summed E-state index contributed by atoms with van der Waals surface area (Å²) in [6.07, 6.45) is 1.25. The number of rotatable bonds is 8. The van der Waals surface area contributed by atoms with Crippen molar-refractivity contribution in [2.75, 3.05) is 25.4 Å². The van der Waals surface area contributed by atoms with Gasteiger partial charge in [0.2, 0.25) is 0 Å². The molecule has 0 atom stereocenters. The smallest absolute Gasteiger partial charge is 0.262 e. The van der Waals surface area contributed by atoms with E-state index in [9.17, 15) is 8.42 Å². The van der Waals surface area contributed by atoms with E-state index < -0.39 is 10.0 Å². The molecular formula is C26H27N5O2S. The Morgan fingerprint density at radius 3 is 2.50 bits per heavy atom. The molecule has 0 radical (unpaired) electrons. The zero-order chi connectivity index (χ0) is 24.3. The van der Waals surface area contributed by atoms with Gasteiger partial charge in [-0.1, -0.05) is 30.3 Å². The molecule has 3 aromatic carbocycles. The first-order valence-corrected chi connectivity index (χ1v) is 12.4. The molecule has 0 bridgehead atoms. The Kier molecular flexibility index (Phi) is 6.68. The van der Waals surface area contributed by atoms with E-state index in [1.165, 1.54) is 0 Å². The highest BCUT2D eigenvalue weighted by atomic mass is 32.2. The standard InChI is InChI=1S/C26H27N5O2S/c1-30(2)15-14-21-6-4-5-7-25(21)34(32,33)29-22-12-13-24-23(17-22)28-26(31(24)3)16-19-8-10-20(18-27)11-9-19/h4-13,17,29H,14-16H2,1-3H3. The van der Waals surface area contributed by atoms with Gasteiger partial charge in [-0.15, -0.1) is 0 Å². The normalized spacial score (nSPS) is 11.6. The molecule has 34 heavy (non-hydrogen) atoms. The molecule has 0 unspecified atom stereocenters. The summed E-state index contributed by atoms with van der Waals surface area (Å²) in [5.74, 6) is 0.855. The predicted octanol–water partition coefficient (Wildman–Crippen LogP) is 3.94. The Bertz CT molecular complexity index is 1470. The number of hydrogen-bond acceptors (Lipinski definition) is 5. The quantitative estimate of drug-likeness (QED) is 0.419. The van der Waals surface area contributed by atoms with E-state index in [1.807, 2.05) is 60.9 Å². The molecule has 1 heterocycles. The van der Waals surface area contributed by atoms with Crippen molar-refractivity contribution in [2.45, 2.75) is 17.7 Å². The van der Waals surface area contributed by atoms with E-state index in [0.29, 0.717) is 34.5 Å². The van der Waals surface area contributed by atoms with Crippen LogP contribution in [0.15, 0.2) is 71.6 Å². The highest BCUT2D eigenvalue weighted by molar-refractivity contribution is 7.92. The summed E-state index contributed by atoms with van der Waals surface area (Å²) >= 11 is 0. The van der Waals surface area contributed by atoms with Crippen LogP contribution in [0.25, 0.3) is 11.0 Å². The Hall–Kier alpha value is -3.67. The van der Waals surface area contributed by atoms with Crippen LogP contribution in [0.5, 0.6) is 0 Å². The van der Waals surface area contributed by atoms with Gasteiger partial charge in [-0.05, 0) is 68.0 Å². The zero-order valence-corrected chi connectivity index (χ0v) is 20.3. The predicted molar refractivity (Wildman–Crippen MR) is 134 cm³/mol. The van der Waals surface area contributed by atoms with Crippen LogP contribution in [-0.4, -0.2) is 43.5 Å². The highest BCUT2D eigenvalue weighted by Crippen LogP contribution is 2.25. The number of nitrogens with zero attached hydrogens (tertiary/aromatic N) is 4. The van der Waals surface area contributed by atoms with Crippen LogP contribution in [0.1, 0.15) is 22.5 Å². The maximum absolute atomic E-state index is 13.2. The van der Waals surface area contributed by atoms with Gasteiger partial charge in [-0.3, -0.25) is 4.72 Å². The van der Waals surface area contributed by atoms with Gasteiger partial charge in [0, 0.05) is 20.0 Å². The Morgan fingerprint density at radius 1 is 1.06 bits per heavy atom. The van der Waals surface area contributed by atoms with Gasteiger partial charge in [-0.25, -0.2) is 13.4 Å². The van der Waals surface area contributed by atoms with E-state index >= 15 is 0 Å². The maximum atomic E-state index is 13.2. The minimum Gasteiger partial charge on any atom is -0.331 e. The maximum Gasteiger partial charge on any atom is 0.262 e. The van der Waals surface area contributed by atoms with Gasteiger partial charge in [0.05, 0.1) is 33.2 Å². The average molecular weight is 474 g/mol. The van der Waals surface area contributed by atoms with Crippen molar-refractivity contribution >= 4 is 26.7 Å². The Labute approximate surface area is 200 Å². The van der Waals surface area contributed by atoms with Gasteiger partial charge in [-0.2, -0.15) is 5.26 Å². The Morgan fingerprint density at radius 2 is 1.79 bits per heavy atom. The van der Waals surface area contributed by atoms with E-state index in [-0.39, 0.29) is 0 Å². The van der Waals surface area contributed by atoms with Crippen molar-refractivity contribution in [1.82, 2.24) is 14.5 Å². The van der Waals surface area contributed by atoms with Crippen molar-refractivity contribution < 1.29 is 8.42 Å². The van der Waals surface area contributed by atoms with Crippen LogP contribution in [0.2, 0.25) is 0 Å². The highest BCUT2D eigenvalue weighted by Gasteiger charge is 2.19. The van der Waals surface area contributed by atoms with Gasteiger partial charge in [0.15, 0.2) is 0 Å². The first-order chi connectivity index (χ1) is 16.3. The number of benzene rings is 3. The lowest BCUT2D eigenvalue weighted by molar-refractivity contribution is 0.412. The first-order valence-electron chi connectivity index (χ1n) is 11.0. The van der Waals surface area contributed by atoms with Crippen molar-refractivity contribution in [3.05, 3.63) is 89.2 Å². The molecule has 0 amide bonds. The summed E-state index contributed by atoms with van der Waals surface area (Å²) < 4.78 is 31.1. The number of anilines is 1. The second-order valence-electron chi connectivity index (χ2n) is 8.54. The van der Waals surface area contributed by atoms with Crippen LogP contribution in [0, 0.1) is 11.3 Å². The largest absolute Gasteiger partial charge is 0.331 e. The summed E-state index contributed by atoms with van der Waals surface area (Å²) in [6.45, 7) is 0.758. The molecule has 0 spiro atoms. The third-order valence-electron chi connectivity index (χ3n) is 5.76. The van der Waals surface area contributed by atoms with Gasteiger partial charge >= 0.3 is 0 Å². The topological polar surface area (TPSA) is 91.0 Å². The van der Waals surface area contributed by atoms with Crippen LogP contribution >= 0.6 is 0 Å². The SMILES string of the molecule is CN(C)CCc1ccccc1S(=O)(=O)Nc1ccc2c(c1)nc(Cc1ccc(C#N)cc1)n2C. The van der Waals surface area contributed by atoms with E-state index in [1.54, 1.807) is 36.4 Å². The average Bonchev–Trinajstić information content (AvgIpc) is 3.12. The van der Waals surface area contributed by atoms with Crippen molar-refractivity contribution in [3.8, 4) is 6.07 Å². The monoisotopic (exact) mass is 473 g/mol. The second kappa shape index (κ2) is 9.67. The van der Waals surface area contributed by atoms with Crippen LogP contribution in [0.4, 0.5) is 5.69 Å². The molecule has 0 saturated carbocycles. The van der Waals surface area contributed by atoms with Gasteiger partial charge in [0.1, 0.15) is 5.82 Å². The summed E-state index contributed by atoms with van der Waals surface area (Å²) in [5, 5.41) is 8.98. The molecule has 0 aliphatic carbocycles. The number of nitrogens with one attached hydrogen (secondary N) is 1. The minimum atomic E-state index is -3.75. The van der Waals surface area contributed by atoms with Crippen molar-refractivity contribution in [3.63, 3.8) is 0 Å². The fourth-order valence-electron chi connectivity index (χ4n) is 3.88. The first kappa shape index (κ1) is 23.5. The molecule has 0 saturated heterocycles. The number of fused-ring (bicyclic) bond motifs is 1. The van der Waals surface area contributed by atoms with Gasteiger partial charge < -0.3 is 9.47 Å². The number of nitriles is 1. The summed E-state index contributed by atoms with van der Waals surface area (Å²) in [5.41, 5.74) is 4.55. The number of aromatic nitrogens is 2. The summed E-state index contributed by atoms with van der Waals surface area (Å²) in [4.78, 5) is 7.06. The second-order valence-corrected chi connectivity index (χ2v) is 10.2. The zero-order valence-electron chi connectivity index (χ0n) is 19.5. The third kappa shape index (κ3) is 5.11. The molecule has 4 rings (SSSR count). The third-order valence-corrected chi connectivity index (χ3v) is 7.24. The fraction of sp³-hybridized carbons (Fsp3) is 0.231. The molecule has 0 aliphatic rings. The molecule has 0 fully saturated rings. The van der Waals surface area contributed by atoms with E-state index in [4.69, 9.17) is 10.2 Å². The number of aryl methyl sites for hydroxylation is 1. The molecule has 4 aromatic rings. The lowest BCUT2D eigenvalue weighted by Gasteiger charge is -2.14. The van der Waals surface area contributed by atoms with Crippen molar-refractivity contribution in [1.29, 1.82) is 5.26 Å². The van der Waals surface area contributed by atoms with E-state index in [2.05, 4.69) is 10.8 Å². The summed E-state index contributed by atoms with van der Waals surface area (Å²) in [7, 11) is 2.13. The lowest BCUT2D eigenvalue weighted by atomic mass is 10.1. The fourth-order valence-corrected chi connectivity index (χ4v) is 5.20.